The number of carboxylic acid groups (broad SMARTS) is 1. The standard InChI is InChI=1S/C11H12ClFO2/c1-11(2,10(14)15)6-7-4-3-5-8(12)9(7)13/h3-5H,6H2,1-2H3,(H,14,15). The molecule has 15 heavy (non-hydrogen) atoms. The first-order valence-electron chi connectivity index (χ1n) is 4.51. The highest BCUT2D eigenvalue weighted by Crippen LogP contribution is 2.26. The van der Waals surface area contributed by atoms with Crippen LogP contribution >= 0.6 is 11.6 Å². The zero-order chi connectivity index (χ0) is 11.6. The monoisotopic (exact) mass is 230 g/mol. The van der Waals surface area contributed by atoms with Gasteiger partial charge in [-0.15, -0.1) is 0 Å². The molecule has 1 N–H and O–H groups in total. The molecule has 0 heterocycles. The van der Waals surface area contributed by atoms with Gasteiger partial charge in [-0.1, -0.05) is 23.7 Å². The predicted octanol–water partition coefficient (Wildman–Crippen LogP) is 3.13. The molecule has 0 saturated heterocycles. The molecule has 0 amide bonds. The minimum atomic E-state index is -0.995. The number of aliphatic carboxylic acids is 1. The average Bonchev–Trinajstić information content (AvgIpc) is 2.12. The Kier molecular flexibility index (Phi) is 3.35. The summed E-state index contributed by atoms with van der Waals surface area (Å²) >= 11 is 5.60. The van der Waals surface area contributed by atoms with Gasteiger partial charge in [0.05, 0.1) is 10.4 Å². The van der Waals surface area contributed by atoms with Gasteiger partial charge in [-0.25, -0.2) is 4.39 Å². The highest BCUT2D eigenvalue weighted by molar-refractivity contribution is 6.30. The van der Waals surface area contributed by atoms with Gasteiger partial charge >= 0.3 is 5.97 Å². The first kappa shape index (κ1) is 12.0. The second-order valence-corrected chi connectivity index (χ2v) is 4.49. The van der Waals surface area contributed by atoms with Gasteiger partial charge in [-0.3, -0.25) is 4.79 Å². The van der Waals surface area contributed by atoms with Crippen LogP contribution in [-0.2, 0) is 11.2 Å². The summed E-state index contributed by atoms with van der Waals surface area (Å²) in [5, 5.41) is 8.93. The van der Waals surface area contributed by atoms with Crippen molar-refractivity contribution in [3.63, 3.8) is 0 Å². The van der Waals surface area contributed by atoms with Crippen LogP contribution in [0.3, 0.4) is 0 Å². The molecule has 1 aromatic rings. The smallest absolute Gasteiger partial charge is 0.309 e. The van der Waals surface area contributed by atoms with Crippen molar-refractivity contribution in [3.05, 3.63) is 34.6 Å². The zero-order valence-corrected chi connectivity index (χ0v) is 9.31. The maximum Gasteiger partial charge on any atom is 0.309 e. The van der Waals surface area contributed by atoms with E-state index in [2.05, 4.69) is 0 Å². The molecule has 0 spiro atoms. The van der Waals surface area contributed by atoms with Gasteiger partial charge in [-0.05, 0) is 31.9 Å². The van der Waals surface area contributed by atoms with E-state index in [0.717, 1.165) is 0 Å². The van der Waals surface area contributed by atoms with E-state index in [-0.39, 0.29) is 11.4 Å². The Morgan fingerprint density at radius 3 is 2.67 bits per heavy atom. The summed E-state index contributed by atoms with van der Waals surface area (Å²) in [4.78, 5) is 10.9. The van der Waals surface area contributed by atoms with Gasteiger partial charge in [0.25, 0.3) is 0 Å². The minimum Gasteiger partial charge on any atom is -0.481 e. The van der Waals surface area contributed by atoms with Gasteiger partial charge in [-0.2, -0.15) is 0 Å². The van der Waals surface area contributed by atoms with Gasteiger partial charge in [0.2, 0.25) is 0 Å². The zero-order valence-electron chi connectivity index (χ0n) is 8.55. The fourth-order valence-corrected chi connectivity index (χ4v) is 1.43. The SMILES string of the molecule is CC(C)(Cc1cccc(Cl)c1F)C(=O)O. The second-order valence-electron chi connectivity index (χ2n) is 4.08. The molecular weight excluding hydrogens is 219 g/mol. The van der Waals surface area contributed by atoms with Crippen molar-refractivity contribution in [1.82, 2.24) is 0 Å². The number of benzene rings is 1. The fraction of sp³-hybridized carbons (Fsp3) is 0.364. The Labute approximate surface area is 92.7 Å². The van der Waals surface area contributed by atoms with E-state index >= 15 is 0 Å². The van der Waals surface area contributed by atoms with Crippen molar-refractivity contribution in [2.24, 2.45) is 5.41 Å². The molecule has 82 valence electrons. The van der Waals surface area contributed by atoms with Gasteiger partial charge in [0.1, 0.15) is 5.82 Å². The molecule has 0 aromatic heterocycles. The molecule has 1 rings (SSSR count). The van der Waals surface area contributed by atoms with Crippen molar-refractivity contribution >= 4 is 17.6 Å². The molecule has 0 aliphatic carbocycles. The van der Waals surface area contributed by atoms with Crippen LogP contribution in [0.5, 0.6) is 0 Å². The van der Waals surface area contributed by atoms with Crippen molar-refractivity contribution in [2.75, 3.05) is 0 Å². The van der Waals surface area contributed by atoms with E-state index in [9.17, 15) is 9.18 Å². The normalized spacial score (nSPS) is 11.5. The third-order valence-electron chi connectivity index (χ3n) is 2.24. The van der Waals surface area contributed by atoms with E-state index in [1.54, 1.807) is 26.0 Å². The van der Waals surface area contributed by atoms with Crippen LogP contribution in [0.25, 0.3) is 0 Å². The van der Waals surface area contributed by atoms with Crippen LogP contribution in [0.2, 0.25) is 5.02 Å². The van der Waals surface area contributed by atoms with Crippen LogP contribution in [0, 0.1) is 11.2 Å². The first-order valence-corrected chi connectivity index (χ1v) is 4.88. The van der Waals surface area contributed by atoms with Crippen molar-refractivity contribution < 1.29 is 14.3 Å². The minimum absolute atomic E-state index is 0.0219. The fourth-order valence-electron chi connectivity index (χ4n) is 1.24. The third kappa shape index (κ3) is 2.69. The summed E-state index contributed by atoms with van der Waals surface area (Å²) in [6, 6.07) is 4.60. The molecule has 0 unspecified atom stereocenters. The molecule has 0 radical (unpaired) electrons. The number of hydrogen-bond acceptors (Lipinski definition) is 1. The second kappa shape index (κ2) is 4.19. The highest BCUT2D eigenvalue weighted by atomic mass is 35.5. The number of hydrogen-bond donors (Lipinski definition) is 1. The number of carbonyl (C=O) groups is 1. The molecule has 0 saturated carbocycles. The van der Waals surface area contributed by atoms with Crippen LogP contribution in [0.4, 0.5) is 4.39 Å². The molecular formula is C11H12ClFO2. The van der Waals surface area contributed by atoms with Gasteiger partial charge < -0.3 is 5.11 Å². The number of halogens is 2. The quantitative estimate of drug-likeness (QED) is 0.866. The summed E-state index contributed by atoms with van der Waals surface area (Å²) in [5.41, 5.74) is -0.666. The Hall–Kier alpha value is -1.09. The summed E-state index contributed by atoms with van der Waals surface area (Å²) in [7, 11) is 0. The lowest BCUT2D eigenvalue weighted by Crippen LogP contribution is -2.26. The van der Waals surface area contributed by atoms with E-state index in [1.807, 2.05) is 0 Å². The van der Waals surface area contributed by atoms with Gasteiger partial charge in [0, 0.05) is 0 Å². The van der Waals surface area contributed by atoms with Gasteiger partial charge in [0.15, 0.2) is 0 Å². The van der Waals surface area contributed by atoms with Crippen molar-refractivity contribution in [1.29, 1.82) is 0 Å². The number of carboxylic acids is 1. The lowest BCUT2D eigenvalue weighted by atomic mass is 9.86. The predicted molar refractivity (Wildman–Crippen MR) is 56.5 cm³/mol. The lowest BCUT2D eigenvalue weighted by Gasteiger charge is -2.19. The van der Waals surface area contributed by atoms with Crippen molar-refractivity contribution in [3.8, 4) is 0 Å². The Bertz CT molecular complexity index is 388. The Morgan fingerprint density at radius 1 is 1.53 bits per heavy atom. The van der Waals surface area contributed by atoms with Crippen LogP contribution in [-0.4, -0.2) is 11.1 Å². The van der Waals surface area contributed by atoms with Crippen LogP contribution < -0.4 is 0 Å². The Morgan fingerprint density at radius 2 is 2.13 bits per heavy atom. The molecule has 0 bridgehead atoms. The summed E-state index contributed by atoms with van der Waals surface area (Å²) in [6.07, 6.45) is 0.120. The lowest BCUT2D eigenvalue weighted by molar-refractivity contribution is -0.146. The first-order chi connectivity index (χ1) is 6.84. The number of rotatable bonds is 3. The van der Waals surface area contributed by atoms with E-state index in [0.29, 0.717) is 5.56 Å². The molecule has 4 heteroatoms. The Balaban J connectivity index is 3.00. The molecule has 1 aromatic carbocycles. The maximum atomic E-state index is 13.5. The molecule has 0 aliphatic heterocycles. The maximum absolute atomic E-state index is 13.5. The molecule has 2 nitrogen and oxygen atoms in total. The van der Waals surface area contributed by atoms with Crippen LogP contribution in [0.1, 0.15) is 19.4 Å². The van der Waals surface area contributed by atoms with E-state index in [4.69, 9.17) is 16.7 Å². The summed E-state index contributed by atoms with van der Waals surface area (Å²) < 4.78 is 13.5. The molecule has 0 atom stereocenters. The third-order valence-corrected chi connectivity index (χ3v) is 2.53. The van der Waals surface area contributed by atoms with Crippen molar-refractivity contribution in [2.45, 2.75) is 20.3 Å². The summed E-state index contributed by atoms with van der Waals surface area (Å²) in [6.45, 7) is 3.10. The van der Waals surface area contributed by atoms with E-state index < -0.39 is 17.2 Å². The van der Waals surface area contributed by atoms with E-state index in [1.165, 1.54) is 6.07 Å². The largest absolute Gasteiger partial charge is 0.481 e. The topological polar surface area (TPSA) is 37.3 Å². The summed E-state index contributed by atoms with van der Waals surface area (Å²) in [5.74, 6) is -1.49. The molecule has 0 aliphatic rings. The average molecular weight is 231 g/mol. The highest BCUT2D eigenvalue weighted by Gasteiger charge is 2.28. The molecule has 0 fully saturated rings. The van der Waals surface area contributed by atoms with Crippen LogP contribution in [0.15, 0.2) is 18.2 Å².